The third kappa shape index (κ3) is 4.16. The van der Waals surface area contributed by atoms with Crippen LogP contribution in [0.3, 0.4) is 0 Å². The molecule has 0 bridgehead atoms. The molecular weight excluding hydrogens is 252 g/mol. The number of hydrogen-bond acceptors (Lipinski definition) is 3. The third-order valence-electron chi connectivity index (χ3n) is 3.30. The standard InChI is InChI=1S/C16H22N2S/c1-13(2)18(11-14-7-4-3-5-8-14)12-15(17)16-9-6-10-19-16/h3-10,13,15H,11-12,17H2,1-2H3. The minimum absolute atomic E-state index is 0.103. The first-order chi connectivity index (χ1) is 9.16. The summed E-state index contributed by atoms with van der Waals surface area (Å²) in [5.41, 5.74) is 7.64. The van der Waals surface area contributed by atoms with Crippen molar-refractivity contribution in [2.24, 2.45) is 5.73 Å². The highest BCUT2D eigenvalue weighted by atomic mass is 32.1. The topological polar surface area (TPSA) is 29.3 Å². The van der Waals surface area contributed by atoms with Gasteiger partial charge in [-0.25, -0.2) is 0 Å². The van der Waals surface area contributed by atoms with Gasteiger partial charge in [-0.3, -0.25) is 4.90 Å². The monoisotopic (exact) mass is 274 g/mol. The second kappa shape index (κ2) is 6.85. The van der Waals surface area contributed by atoms with Crippen molar-refractivity contribution < 1.29 is 0 Å². The number of hydrogen-bond donors (Lipinski definition) is 1. The van der Waals surface area contributed by atoms with Crippen LogP contribution in [0.4, 0.5) is 0 Å². The average Bonchev–Trinajstić information content (AvgIpc) is 2.93. The van der Waals surface area contributed by atoms with Crippen molar-refractivity contribution in [1.82, 2.24) is 4.90 Å². The van der Waals surface area contributed by atoms with E-state index in [2.05, 4.69) is 66.6 Å². The lowest BCUT2D eigenvalue weighted by atomic mass is 10.1. The first-order valence-electron chi connectivity index (χ1n) is 6.74. The van der Waals surface area contributed by atoms with Gasteiger partial charge in [-0.15, -0.1) is 11.3 Å². The molecule has 2 nitrogen and oxygen atoms in total. The van der Waals surface area contributed by atoms with E-state index in [1.807, 2.05) is 0 Å². The Kier molecular flexibility index (Phi) is 5.14. The molecule has 1 atom stereocenters. The largest absolute Gasteiger partial charge is 0.322 e. The van der Waals surface area contributed by atoms with Gasteiger partial charge in [0.15, 0.2) is 0 Å². The van der Waals surface area contributed by atoms with E-state index >= 15 is 0 Å². The number of rotatable bonds is 6. The summed E-state index contributed by atoms with van der Waals surface area (Å²) in [5.74, 6) is 0. The maximum Gasteiger partial charge on any atom is 0.0519 e. The van der Waals surface area contributed by atoms with Gasteiger partial charge in [-0.05, 0) is 30.9 Å². The smallest absolute Gasteiger partial charge is 0.0519 e. The van der Waals surface area contributed by atoms with Gasteiger partial charge in [0.25, 0.3) is 0 Å². The normalized spacial score (nSPS) is 13.1. The molecule has 1 heterocycles. The lowest BCUT2D eigenvalue weighted by Crippen LogP contribution is -2.36. The van der Waals surface area contributed by atoms with Crippen molar-refractivity contribution in [3.8, 4) is 0 Å². The molecule has 0 amide bonds. The van der Waals surface area contributed by atoms with Crippen LogP contribution in [0.25, 0.3) is 0 Å². The third-order valence-corrected chi connectivity index (χ3v) is 4.30. The lowest BCUT2D eigenvalue weighted by molar-refractivity contribution is 0.200. The summed E-state index contributed by atoms with van der Waals surface area (Å²) in [6.07, 6.45) is 0. The van der Waals surface area contributed by atoms with Gasteiger partial charge in [0.1, 0.15) is 0 Å². The molecule has 2 rings (SSSR count). The maximum atomic E-state index is 6.30. The quantitative estimate of drug-likeness (QED) is 0.871. The molecule has 0 spiro atoms. The van der Waals surface area contributed by atoms with E-state index in [-0.39, 0.29) is 6.04 Å². The predicted octanol–water partition coefficient (Wildman–Crippen LogP) is 3.66. The molecule has 0 saturated carbocycles. The van der Waals surface area contributed by atoms with Crippen molar-refractivity contribution in [1.29, 1.82) is 0 Å². The van der Waals surface area contributed by atoms with E-state index in [4.69, 9.17) is 5.73 Å². The van der Waals surface area contributed by atoms with Crippen molar-refractivity contribution in [3.63, 3.8) is 0 Å². The van der Waals surface area contributed by atoms with Crippen LogP contribution in [-0.4, -0.2) is 17.5 Å². The molecule has 0 aliphatic carbocycles. The summed E-state index contributed by atoms with van der Waals surface area (Å²) in [7, 11) is 0. The second-order valence-electron chi connectivity index (χ2n) is 5.13. The minimum atomic E-state index is 0.103. The summed E-state index contributed by atoms with van der Waals surface area (Å²) < 4.78 is 0. The fraction of sp³-hybridized carbons (Fsp3) is 0.375. The molecule has 1 unspecified atom stereocenters. The molecule has 3 heteroatoms. The van der Waals surface area contributed by atoms with Crippen LogP contribution in [0.1, 0.15) is 30.3 Å². The summed E-state index contributed by atoms with van der Waals surface area (Å²) in [6.45, 7) is 6.30. The van der Waals surface area contributed by atoms with Crippen molar-refractivity contribution in [2.75, 3.05) is 6.54 Å². The summed E-state index contributed by atoms with van der Waals surface area (Å²) in [4.78, 5) is 3.69. The van der Waals surface area contributed by atoms with E-state index < -0.39 is 0 Å². The van der Waals surface area contributed by atoms with Crippen LogP contribution in [0, 0.1) is 0 Å². The fourth-order valence-corrected chi connectivity index (χ4v) is 2.84. The van der Waals surface area contributed by atoms with Crippen LogP contribution >= 0.6 is 11.3 Å². The zero-order chi connectivity index (χ0) is 13.7. The van der Waals surface area contributed by atoms with Crippen LogP contribution in [0.2, 0.25) is 0 Å². The average molecular weight is 274 g/mol. The Hall–Kier alpha value is -1.16. The van der Waals surface area contributed by atoms with Crippen LogP contribution in [0.15, 0.2) is 47.8 Å². The Bertz CT molecular complexity index is 465. The molecule has 102 valence electrons. The molecule has 0 aliphatic heterocycles. The van der Waals surface area contributed by atoms with E-state index in [1.54, 1.807) is 11.3 Å². The van der Waals surface area contributed by atoms with Crippen molar-refractivity contribution in [3.05, 3.63) is 58.3 Å². The molecular formula is C16H22N2S. The first kappa shape index (κ1) is 14.3. The Balaban J connectivity index is 2.00. The van der Waals surface area contributed by atoms with Crippen molar-refractivity contribution in [2.45, 2.75) is 32.5 Å². The molecule has 2 aromatic rings. The number of thiophene rings is 1. The SMILES string of the molecule is CC(C)N(Cc1ccccc1)CC(N)c1cccs1. The summed E-state index contributed by atoms with van der Waals surface area (Å²) in [5, 5.41) is 2.09. The zero-order valence-electron chi connectivity index (χ0n) is 11.6. The van der Waals surface area contributed by atoms with E-state index in [0.29, 0.717) is 6.04 Å². The Morgan fingerprint density at radius 1 is 1.11 bits per heavy atom. The zero-order valence-corrected chi connectivity index (χ0v) is 12.4. The van der Waals surface area contributed by atoms with Crippen LogP contribution in [0.5, 0.6) is 0 Å². The Morgan fingerprint density at radius 2 is 1.84 bits per heavy atom. The molecule has 0 fully saturated rings. The molecule has 1 aromatic heterocycles. The van der Waals surface area contributed by atoms with E-state index in [1.165, 1.54) is 10.4 Å². The van der Waals surface area contributed by atoms with Gasteiger partial charge in [-0.2, -0.15) is 0 Å². The molecule has 0 radical (unpaired) electrons. The highest BCUT2D eigenvalue weighted by Gasteiger charge is 2.16. The van der Waals surface area contributed by atoms with E-state index in [9.17, 15) is 0 Å². The molecule has 0 saturated heterocycles. The minimum Gasteiger partial charge on any atom is -0.322 e. The molecule has 1 aromatic carbocycles. The Labute approximate surface area is 119 Å². The molecule has 2 N–H and O–H groups in total. The van der Waals surface area contributed by atoms with Gasteiger partial charge in [0.2, 0.25) is 0 Å². The van der Waals surface area contributed by atoms with Crippen molar-refractivity contribution >= 4 is 11.3 Å². The highest BCUT2D eigenvalue weighted by Crippen LogP contribution is 2.19. The Morgan fingerprint density at radius 3 is 2.42 bits per heavy atom. The number of nitrogens with zero attached hydrogens (tertiary/aromatic N) is 1. The molecule has 0 aliphatic rings. The van der Waals surface area contributed by atoms with Crippen LogP contribution in [-0.2, 0) is 6.54 Å². The van der Waals surface area contributed by atoms with Gasteiger partial charge in [0.05, 0.1) is 6.04 Å². The predicted molar refractivity (Wildman–Crippen MR) is 83.2 cm³/mol. The van der Waals surface area contributed by atoms with E-state index in [0.717, 1.165) is 13.1 Å². The van der Waals surface area contributed by atoms with Gasteiger partial charge < -0.3 is 5.73 Å². The number of benzene rings is 1. The number of nitrogens with two attached hydrogens (primary N) is 1. The van der Waals surface area contributed by atoms with Gasteiger partial charge in [0, 0.05) is 24.0 Å². The van der Waals surface area contributed by atoms with Gasteiger partial charge in [-0.1, -0.05) is 36.4 Å². The van der Waals surface area contributed by atoms with Gasteiger partial charge >= 0.3 is 0 Å². The summed E-state index contributed by atoms with van der Waals surface area (Å²) >= 11 is 1.74. The summed E-state index contributed by atoms with van der Waals surface area (Å²) in [6, 6.07) is 15.4. The maximum absolute atomic E-state index is 6.30. The lowest BCUT2D eigenvalue weighted by Gasteiger charge is -2.29. The first-order valence-corrected chi connectivity index (χ1v) is 7.61. The van der Waals surface area contributed by atoms with Crippen LogP contribution < -0.4 is 5.73 Å². The highest BCUT2D eigenvalue weighted by molar-refractivity contribution is 7.10. The fourth-order valence-electron chi connectivity index (χ4n) is 2.12. The molecule has 19 heavy (non-hydrogen) atoms. The second-order valence-corrected chi connectivity index (χ2v) is 6.11.